The Balaban J connectivity index is 1.97. The number of aromatic nitrogens is 3. The molecule has 5 nitrogen and oxygen atoms in total. The van der Waals surface area contributed by atoms with E-state index in [9.17, 15) is 0 Å². The van der Waals surface area contributed by atoms with E-state index in [0.29, 0.717) is 6.04 Å². The molecule has 0 saturated heterocycles. The van der Waals surface area contributed by atoms with Gasteiger partial charge in [0.2, 0.25) is 0 Å². The summed E-state index contributed by atoms with van der Waals surface area (Å²) < 4.78 is 2.05. The Morgan fingerprint density at radius 2 is 2.32 bits per heavy atom. The van der Waals surface area contributed by atoms with Gasteiger partial charge in [0.05, 0.1) is 6.20 Å². The number of hydrogen-bond acceptors (Lipinski definition) is 4. The van der Waals surface area contributed by atoms with Gasteiger partial charge in [-0.05, 0) is 25.7 Å². The second-order valence-corrected chi connectivity index (χ2v) is 5.23. The molecule has 1 N–H and O–H groups in total. The van der Waals surface area contributed by atoms with Crippen molar-refractivity contribution in [2.45, 2.75) is 38.6 Å². The average molecular weight is 259 g/mol. The minimum absolute atomic E-state index is 0.620. The summed E-state index contributed by atoms with van der Waals surface area (Å²) in [5.74, 6) is 1.91. The Labute approximate surface area is 113 Å². The van der Waals surface area contributed by atoms with Crippen molar-refractivity contribution in [1.29, 1.82) is 0 Å². The second kappa shape index (κ2) is 5.07. The summed E-state index contributed by atoms with van der Waals surface area (Å²) in [6.45, 7) is 3.10. The van der Waals surface area contributed by atoms with Crippen molar-refractivity contribution in [3.05, 3.63) is 18.6 Å². The first-order valence-electron chi connectivity index (χ1n) is 7.10. The van der Waals surface area contributed by atoms with Crippen LogP contribution in [0.5, 0.6) is 0 Å². The van der Waals surface area contributed by atoms with Crippen molar-refractivity contribution in [3.8, 4) is 0 Å². The first-order chi connectivity index (χ1) is 9.29. The number of anilines is 2. The van der Waals surface area contributed by atoms with E-state index in [1.807, 2.05) is 18.6 Å². The molecule has 2 aromatic heterocycles. The predicted molar refractivity (Wildman–Crippen MR) is 77.8 cm³/mol. The topological polar surface area (TPSA) is 45.5 Å². The molecule has 0 spiro atoms. The molecule has 102 valence electrons. The van der Waals surface area contributed by atoms with Crippen LogP contribution in [0.25, 0.3) is 5.65 Å². The van der Waals surface area contributed by atoms with E-state index in [2.05, 4.69) is 33.6 Å². The zero-order valence-electron chi connectivity index (χ0n) is 11.6. The minimum Gasteiger partial charge on any atom is -0.369 e. The van der Waals surface area contributed by atoms with Gasteiger partial charge in [-0.1, -0.05) is 6.92 Å². The molecule has 0 amide bonds. The van der Waals surface area contributed by atoms with Gasteiger partial charge in [-0.2, -0.15) is 0 Å². The first kappa shape index (κ1) is 12.3. The van der Waals surface area contributed by atoms with Crippen molar-refractivity contribution >= 4 is 17.3 Å². The fourth-order valence-corrected chi connectivity index (χ4v) is 2.44. The van der Waals surface area contributed by atoms with E-state index in [1.54, 1.807) is 0 Å². The zero-order valence-corrected chi connectivity index (χ0v) is 11.6. The number of imidazole rings is 1. The van der Waals surface area contributed by atoms with Crippen LogP contribution in [0.3, 0.4) is 0 Å². The number of hydrogen-bond donors (Lipinski definition) is 1. The number of rotatable bonds is 5. The normalized spacial score (nSPS) is 15.5. The molecular weight excluding hydrogens is 238 g/mol. The highest BCUT2D eigenvalue weighted by atomic mass is 15.2. The van der Waals surface area contributed by atoms with Gasteiger partial charge in [0, 0.05) is 32.0 Å². The average Bonchev–Trinajstić information content (AvgIpc) is 2.81. The molecule has 1 saturated carbocycles. The molecule has 0 radical (unpaired) electrons. The molecule has 3 rings (SSSR count). The van der Waals surface area contributed by atoms with Gasteiger partial charge in [-0.25, -0.2) is 9.97 Å². The molecule has 19 heavy (non-hydrogen) atoms. The Bertz CT molecular complexity index is 558. The van der Waals surface area contributed by atoms with Gasteiger partial charge in [0.15, 0.2) is 11.5 Å². The molecule has 0 aliphatic heterocycles. The lowest BCUT2D eigenvalue weighted by atomic mass is 9.92. The van der Waals surface area contributed by atoms with Crippen LogP contribution in [0.15, 0.2) is 18.6 Å². The van der Waals surface area contributed by atoms with Crippen LogP contribution in [0, 0.1) is 0 Å². The van der Waals surface area contributed by atoms with Gasteiger partial charge >= 0.3 is 0 Å². The fourth-order valence-electron chi connectivity index (χ4n) is 2.44. The Hall–Kier alpha value is -1.78. The molecule has 0 aromatic carbocycles. The quantitative estimate of drug-likeness (QED) is 0.896. The maximum absolute atomic E-state index is 4.74. The van der Waals surface area contributed by atoms with Crippen LogP contribution < -0.4 is 10.2 Å². The van der Waals surface area contributed by atoms with Crippen molar-refractivity contribution in [2.24, 2.45) is 0 Å². The third-order valence-electron chi connectivity index (χ3n) is 3.87. The highest BCUT2D eigenvalue weighted by Crippen LogP contribution is 2.29. The lowest BCUT2D eigenvalue weighted by Crippen LogP contribution is -2.38. The third-order valence-corrected chi connectivity index (χ3v) is 3.87. The van der Waals surface area contributed by atoms with Crippen molar-refractivity contribution in [3.63, 3.8) is 0 Å². The van der Waals surface area contributed by atoms with Crippen LogP contribution in [0.4, 0.5) is 11.6 Å². The number of nitrogens with one attached hydrogen (secondary N) is 1. The molecule has 1 aliphatic carbocycles. The Morgan fingerprint density at radius 1 is 1.47 bits per heavy atom. The molecule has 5 heteroatoms. The first-order valence-corrected chi connectivity index (χ1v) is 7.10. The SMILES string of the molecule is CCCNc1cn2ccnc2c(N(C)C2CCC2)n1. The molecule has 0 atom stereocenters. The maximum Gasteiger partial charge on any atom is 0.180 e. The predicted octanol–water partition coefficient (Wildman–Crippen LogP) is 2.54. The van der Waals surface area contributed by atoms with E-state index in [0.717, 1.165) is 30.2 Å². The van der Waals surface area contributed by atoms with Crippen molar-refractivity contribution in [2.75, 3.05) is 23.8 Å². The van der Waals surface area contributed by atoms with Gasteiger partial charge in [-0.15, -0.1) is 0 Å². The summed E-state index contributed by atoms with van der Waals surface area (Å²) in [7, 11) is 2.13. The Morgan fingerprint density at radius 3 is 3.00 bits per heavy atom. The molecule has 0 bridgehead atoms. The fraction of sp³-hybridized carbons (Fsp3) is 0.571. The molecular formula is C14H21N5. The van der Waals surface area contributed by atoms with Gasteiger partial charge < -0.3 is 14.6 Å². The maximum atomic E-state index is 4.74. The summed E-state index contributed by atoms with van der Waals surface area (Å²) in [4.78, 5) is 11.5. The summed E-state index contributed by atoms with van der Waals surface area (Å²) in [6.07, 6.45) is 10.8. The highest BCUT2D eigenvalue weighted by Gasteiger charge is 2.25. The molecule has 2 aromatic rings. The summed E-state index contributed by atoms with van der Waals surface area (Å²) >= 11 is 0. The summed E-state index contributed by atoms with van der Waals surface area (Å²) in [5.41, 5.74) is 0.941. The smallest absolute Gasteiger partial charge is 0.180 e. The van der Waals surface area contributed by atoms with Crippen LogP contribution in [-0.4, -0.2) is 34.0 Å². The van der Waals surface area contributed by atoms with Gasteiger partial charge in [-0.3, -0.25) is 0 Å². The van der Waals surface area contributed by atoms with Crippen LogP contribution in [0.1, 0.15) is 32.6 Å². The lowest BCUT2D eigenvalue weighted by Gasteiger charge is -2.35. The third kappa shape index (κ3) is 2.25. The van der Waals surface area contributed by atoms with E-state index in [4.69, 9.17) is 4.98 Å². The summed E-state index contributed by atoms with van der Waals surface area (Å²) in [6, 6.07) is 0.620. The molecule has 1 fully saturated rings. The van der Waals surface area contributed by atoms with Gasteiger partial charge in [0.1, 0.15) is 5.82 Å². The largest absolute Gasteiger partial charge is 0.369 e. The number of nitrogens with zero attached hydrogens (tertiary/aromatic N) is 4. The zero-order chi connectivity index (χ0) is 13.2. The molecule has 1 aliphatic rings. The van der Waals surface area contributed by atoms with Crippen LogP contribution in [0.2, 0.25) is 0 Å². The van der Waals surface area contributed by atoms with Gasteiger partial charge in [0.25, 0.3) is 0 Å². The van der Waals surface area contributed by atoms with Crippen molar-refractivity contribution in [1.82, 2.24) is 14.4 Å². The highest BCUT2D eigenvalue weighted by molar-refractivity contribution is 5.67. The van der Waals surface area contributed by atoms with Crippen LogP contribution >= 0.6 is 0 Å². The van der Waals surface area contributed by atoms with E-state index < -0.39 is 0 Å². The minimum atomic E-state index is 0.620. The van der Waals surface area contributed by atoms with E-state index >= 15 is 0 Å². The number of fused-ring (bicyclic) bond motifs is 1. The standard InChI is InChI=1S/C14H21N5/c1-3-7-15-12-10-19-9-8-16-13(19)14(17-12)18(2)11-5-4-6-11/h8-11,15H,3-7H2,1-2H3. The van der Waals surface area contributed by atoms with Crippen molar-refractivity contribution < 1.29 is 0 Å². The van der Waals surface area contributed by atoms with Crippen LogP contribution in [-0.2, 0) is 0 Å². The monoisotopic (exact) mass is 259 g/mol. The van der Waals surface area contributed by atoms with E-state index in [1.165, 1.54) is 19.3 Å². The second-order valence-electron chi connectivity index (χ2n) is 5.23. The molecule has 2 heterocycles. The lowest BCUT2D eigenvalue weighted by molar-refractivity contribution is 0.399. The summed E-state index contributed by atoms with van der Waals surface area (Å²) in [5, 5.41) is 3.36. The molecule has 0 unspecified atom stereocenters. The Kier molecular flexibility index (Phi) is 3.27. The van der Waals surface area contributed by atoms with E-state index in [-0.39, 0.29) is 0 Å².